The minimum atomic E-state index is -0.627. The number of hydrogen-bond acceptors (Lipinski definition) is 6. The number of rotatable bonds is 6. The van der Waals surface area contributed by atoms with Crippen LogP contribution in [0.3, 0.4) is 0 Å². The normalized spacial score (nSPS) is 12.1. The molecule has 230 valence electrons. The molecule has 0 unspecified atom stereocenters. The SMILES string of the molecule is C=C.CC.CCCC.CCOC(=O)c1c(N2CCN(C(=O)c3ccc(OC)cc3)CC2)c2cc(C)ccc2n(C)c1=O. The summed E-state index contributed by atoms with van der Waals surface area (Å²) in [5, 5.41) is 0.820. The number of unbranched alkanes of at least 4 members (excludes halogenated alkanes) is 1. The maximum Gasteiger partial charge on any atom is 0.345 e. The van der Waals surface area contributed by atoms with Crippen molar-refractivity contribution in [2.75, 3.05) is 44.8 Å². The van der Waals surface area contributed by atoms with Crippen molar-refractivity contribution >= 4 is 28.5 Å². The molecule has 1 fully saturated rings. The first kappa shape index (κ1) is 36.0. The average Bonchev–Trinajstić information content (AvgIpc) is 3.04. The second kappa shape index (κ2) is 18.4. The first-order valence-corrected chi connectivity index (χ1v) is 14.8. The number of ether oxygens (including phenoxy) is 2. The molecule has 0 saturated carbocycles. The molecule has 1 aliphatic rings. The van der Waals surface area contributed by atoms with Crippen LogP contribution in [-0.4, -0.2) is 61.2 Å². The summed E-state index contributed by atoms with van der Waals surface area (Å²) in [6.07, 6.45) is 2.64. The third kappa shape index (κ3) is 8.71. The maximum atomic E-state index is 13.2. The minimum Gasteiger partial charge on any atom is -0.497 e. The molecule has 2 aromatic carbocycles. The van der Waals surface area contributed by atoms with Crippen molar-refractivity contribution in [2.24, 2.45) is 7.05 Å². The number of esters is 1. The lowest BCUT2D eigenvalue weighted by atomic mass is 10.0. The van der Waals surface area contributed by atoms with Gasteiger partial charge in [-0.2, -0.15) is 0 Å². The van der Waals surface area contributed by atoms with Gasteiger partial charge in [0.25, 0.3) is 11.5 Å². The van der Waals surface area contributed by atoms with Crippen molar-refractivity contribution in [3.8, 4) is 5.75 Å². The van der Waals surface area contributed by atoms with Crippen LogP contribution in [0.2, 0.25) is 0 Å². The number of fused-ring (bicyclic) bond motifs is 1. The van der Waals surface area contributed by atoms with Crippen LogP contribution in [-0.2, 0) is 11.8 Å². The lowest BCUT2D eigenvalue weighted by Crippen LogP contribution is -2.49. The highest BCUT2D eigenvalue weighted by molar-refractivity contribution is 6.05. The average molecular weight is 580 g/mol. The van der Waals surface area contributed by atoms with Crippen LogP contribution in [0.4, 0.5) is 5.69 Å². The van der Waals surface area contributed by atoms with Crippen LogP contribution >= 0.6 is 0 Å². The van der Waals surface area contributed by atoms with Gasteiger partial charge in [0.05, 0.1) is 24.9 Å². The van der Waals surface area contributed by atoms with Gasteiger partial charge in [-0.05, 0) is 50.2 Å². The zero-order chi connectivity index (χ0) is 31.8. The summed E-state index contributed by atoms with van der Waals surface area (Å²) >= 11 is 0. The Morgan fingerprint density at radius 1 is 0.905 bits per heavy atom. The fourth-order valence-corrected chi connectivity index (χ4v) is 4.41. The molecule has 1 aromatic heterocycles. The van der Waals surface area contributed by atoms with E-state index >= 15 is 0 Å². The number of aromatic nitrogens is 1. The summed E-state index contributed by atoms with van der Waals surface area (Å²) in [5.74, 6) is 0.0107. The number of piperazine rings is 1. The maximum absolute atomic E-state index is 13.2. The Labute approximate surface area is 251 Å². The molecule has 0 bridgehead atoms. The summed E-state index contributed by atoms with van der Waals surface area (Å²) in [6.45, 7) is 20.2. The van der Waals surface area contributed by atoms with Gasteiger partial charge in [-0.1, -0.05) is 52.2 Å². The number of benzene rings is 2. The molecular weight excluding hydrogens is 530 g/mol. The third-order valence-electron chi connectivity index (χ3n) is 6.72. The molecule has 0 spiro atoms. The summed E-state index contributed by atoms with van der Waals surface area (Å²) in [7, 11) is 3.25. The van der Waals surface area contributed by atoms with Crippen LogP contribution in [0.1, 0.15) is 73.7 Å². The number of methoxy groups -OCH3 is 1. The van der Waals surface area contributed by atoms with E-state index in [2.05, 4.69) is 27.0 Å². The number of nitrogens with zero attached hydrogens (tertiary/aromatic N) is 3. The van der Waals surface area contributed by atoms with Crippen molar-refractivity contribution in [1.82, 2.24) is 9.47 Å². The van der Waals surface area contributed by atoms with Gasteiger partial charge in [0.2, 0.25) is 0 Å². The summed E-state index contributed by atoms with van der Waals surface area (Å²) < 4.78 is 11.9. The second-order valence-electron chi connectivity index (χ2n) is 9.34. The molecule has 1 saturated heterocycles. The zero-order valence-corrected chi connectivity index (χ0v) is 26.8. The number of hydrogen-bond donors (Lipinski definition) is 0. The predicted octanol–water partition coefficient (Wildman–Crippen LogP) is 6.63. The van der Waals surface area contributed by atoms with Gasteiger partial charge in [-0.3, -0.25) is 9.59 Å². The number of carbonyl (C=O) groups excluding carboxylic acids is 2. The van der Waals surface area contributed by atoms with E-state index in [-0.39, 0.29) is 23.6 Å². The minimum absolute atomic E-state index is 0.0392. The zero-order valence-electron chi connectivity index (χ0n) is 26.8. The highest BCUT2D eigenvalue weighted by atomic mass is 16.5. The smallest absolute Gasteiger partial charge is 0.345 e. The van der Waals surface area contributed by atoms with Gasteiger partial charge in [0.1, 0.15) is 11.3 Å². The van der Waals surface area contributed by atoms with Crippen molar-refractivity contribution in [2.45, 2.75) is 54.4 Å². The van der Waals surface area contributed by atoms with E-state index in [0.717, 1.165) is 16.5 Å². The molecule has 0 aliphatic carbocycles. The van der Waals surface area contributed by atoms with Crippen LogP contribution < -0.4 is 15.2 Å². The number of pyridine rings is 1. The topological polar surface area (TPSA) is 81.1 Å². The van der Waals surface area contributed by atoms with Crippen LogP contribution in [0.25, 0.3) is 10.9 Å². The molecule has 1 aliphatic heterocycles. The second-order valence-corrected chi connectivity index (χ2v) is 9.34. The van der Waals surface area contributed by atoms with E-state index in [0.29, 0.717) is 43.2 Å². The Kier molecular flexibility index (Phi) is 15.7. The molecule has 8 nitrogen and oxygen atoms in total. The standard InChI is InChI=1S/C26H29N3O5.C4H10.C2H6.C2H4/c1-5-34-26(32)22-23(20-16-17(2)6-11-21(20)27(3)25(22)31)28-12-14-29(15-13-28)24(30)18-7-9-19(33-4)10-8-18;1-3-4-2;2*1-2/h6-11,16H,5,12-15H2,1-4H3;3-4H2,1-2H3;1-2H3;1-2H2. The number of carbonyl (C=O) groups is 2. The summed E-state index contributed by atoms with van der Waals surface area (Å²) in [5.41, 5.74) is 2.60. The summed E-state index contributed by atoms with van der Waals surface area (Å²) in [6, 6.07) is 12.9. The third-order valence-corrected chi connectivity index (χ3v) is 6.72. The molecule has 0 N–H and O–H groups in total. The van der Waals surface area contributed by atoms with Gasteiger partial charge in [0.15, 0.2) is 0 Å². The van der Waals surface area contributed by atoms with E-state index in [1.54, 1.807) is 50.2 Å². The molecule has 3 aromatic rings. The Morgan fingerprint density at radius 3 is 1.98 bits per heavy atom. The highest BCUT2D eigenvalue weighted by Crippen LogP contribution is 2.31. The molecule has 8 heteroatoms. The number of aryl methyl sites for hydroxylation is 2. The van der Waals surface area contributed by atoms with Crippen LogP contribution in [0.15, 0.2) is 60.4 Å². The predicted molar refractivity (Wildman–Crippen MR) is 174 cm³/mol. The fourth-order valence-electron chi connectivity index (χ4n) is 4.41. The Morgan fingerprint density at radius 2 is 1.48 bits per heavy atom. The van der Waals surface area contributed by atoms with Gasteiger partial charge in [0, 0.05) is 44.2 Å². The molecule has 0 radical (unpaired) electrons. The Balaban J connectivity index is 0.000000998. The first-order valence-electron chi connectivity index (χ1n) is 14.8. The first-order chi connectivity index (χ1) is 20.3. The van der Waals surface area contributed by atoms with E-state index in [4.69, 9.17) is 9.47 Å². The Hall–Kier alpha value is -4.07. The van der Waals surface area contributed by atoms with Crippen molar-refractivity contribution in [3.05, 3.63) is 82.7 Å². The van der Waals surface area contributed by atoms with E-state index in [1.165, 1.54) is 17.4 Å². The fraction of sp³-hybridized carbons (Fsp3) is 0.441. The van der Waals surface area contributed by atoms with Crippen molar-refractivity contribution in [3.63, 3.8) is 0 Å². The number of anilines is 1. The van der Waals surface area contributed by atoms with E-state index < -0.39 is 5.97 Å². The van der Waals surface area contributed by atoms with Crippen molar-refractivity contribution < 1.29 is 19.1 Å². The lowest BCUT2D eigenvalue weighted by molar-refractivity contribution is 0.0523. The van der Waals surface area contributed by atoms with Gasteiger partial charge in [-0.25, -0.2) is 4.79 Å². The molecule has 42 heavy (non-hydrogen) atoms. The lowest BCUT2D eigenvalue weighted by Gasteiger charge is -2.37. The Bertz CT molecular complexity index is 1340. The van der Waals surface area contributed by atoms with Crippen LogP contribution in [0, 0.1) is 6.92 Å². The van der Waals surface area contributed by atoms with Gasteiger partial charge >= 0.3 is 5.97 Å². The molecule has 2 heterocycles. The van der Waals surface area contributed by atoms with Gasteiger partial charge < -0.3 is 23.8 Å². The highest BCUT2D eigenvalue weighted by Gasteiger charge is 2.30. The molecule has 0 atom stereocenters. The monoisotopic (exact) mass is 579 g/mol. The quantitative estimate of drug-likeness (QED) is 0.241. The van der Waals surface area contributed by atoms with Gasteiger partial charge in [-0.15, -0.1) is 13.2 Å². The molecule has 4 rings (SSSR count). The van der Waals surface area contributed by atoms with Crippen LogP contribution in [0.5, 0.6) is 5.75 Å². The van der Waals surface area contributed by atoms with E-state index in [1.807, 2.05) is 43.9 Å². The summed E-state index contributed by atoms with van der Waals surface area (Å²) in [4.78, 5) is 42.9. The largest absolute Gasteiger partial charge is 0.497 e. The number of amides is 1. The molecular formula is C34H49N3O5. The van der Waals surface area contributed by atoms with E-state index in [9.17, 15) is 14.4 Å². The van der Waals surface area contributed by atoms with Crippen molar-refractivity contribution in [1.29, 1.82) is 0 Å². The molecule has 1 amide bonds.